The Morgan fingerprint density at radius 1 is 0.561 bits per heavy atom. The number of carbonyl (C=O) groups is 2. The first-order chi connectivity index (χ1) is 20.2. The summed E-state index contributed by atoms with van der Waals surface area (Å²) in [7, 11) is 1.66. The van der Waals surface area contributed by atoms with Gasteiger partial charge in [-0.25, -0.2) is 0 Å². The van der Waals surface area contributed by atoms with Crippen LogP contribution in [0.25, 0.3) is 24.3 Å². The van der Waals surface area contributed by atoms with Gasteiger partial charge in [0.2, 0.25) is 0 Å². The van der Waals surface area contributed by atoms with Gasteiger partial charge < -0.3 is 9.47 Å². The summed E-state index contributed by atoms with van der Waals surface area (Å²) in [5, 5.41) is 0. The van der Waals surface area contributed by atoms with Crippen molar-refractivity contribution in [1.82, 2.24) is 0 Å². The lowest BCUT2D eigenvalue weighted by atomic mass is 10.0. The molecule has 0 N–H and O–H groups in total. The lowest BCUT2D eigenvalue weighted by molar-refractivity contribution is 0.111. The highest BCUT2D eigenvalue weighted by atomic mass is 32.1. The molecule has 3 aromatic rings. The molecule has 216 valence electrons. The molecule has 41 heavy (non-hydrogen) atoms. The number of unbranched alkanes of at least 4 members (excludes halogenated alkanes) is 8. The number of thiol groups is 1. The molecule has 0 bridgehead atoms. The Morgan fingerprint density at radius 2 is 0.976 bits per heavy atom. The van der Waals surface area contributed by atoms with Crippen molar-refractivity contribution in [3.8, 4) is 11.5 Å². The van der Waals surface area contributed by atoms with Crippen molar-refractivity contribution in [2.75, 3.05) is 19.5 Å². The van der Waals surface area contributed by atoms with E-state index in [9.17, 15) is 9.59 Å². The van der Waals surface area contributed by atoms with Gasteiger partial charge in [-0.2, -0.15) is 12.6 Å². The average Bonchev–Trinajstić information content (AvgIpc) is 3.02. The van der Waals surface area contributed by atoms with Crippen molar-refractivity contribution in [2.24, 2.45) is 0 Å². The first kappa shape index (κ1) is 32.0. The number of hydrogen-bond acceptors (Lipinski definition) is 5. The maximum atomic E-state index is 11.0. The van der Waals surface area contributed by atoms with Crippen LogP contribution in [0.5, 0.6) is 11.5 Å². The molecule has 0 aromatic heterocycles. The molecular formula is C36H42O4S. The second-order valence-corrected chi connectivity index (χ2v) is 10.6. The molecule has 0 heterocycles. The summed E-state index contributed by atoms with van der Waals surface area (Å²) in [6.07, 6.45) is 20.9. The van der Waals surface area contributed by atoms with Crippen LogP contribution in [-0.2, 0) is 0 Å². The van der Waals surface area contributed by atoms with Crippen LogP contribution in [0.3, 0.4) is 0 Å². The zero-order chi connectivity index (χ0) is 29.1. The van der Waals surface area contributed by atoms with E-state index in [1.165, 1.54) is 44.9 Å². The molecule has 3 aromatic carbocycles. The SMILES string of the molecule is COc1cc(C=Cc2ccc(C=O)cc2)c(OCCCCCCCCCCCS)cc1C=Cc1ccc(C=O)cc1. The van der Waals surface area contributed by atoms with E-state index in [2.05, 4.69) is 12.6 Å². The van der Waals surface area contributed by atoms with Crippen LogP contribution in [0, 0.1) is 0 Å². The number of ether oxygens (including phenoxy) is 2. The highest BCUT2D eigenvalue weighted by molar-refractivity contribution is 7.80. The molecule has 0 aliphatic heterocycles. The molecule has 0 aliphatic carbocycles. The molecule has 0 spiro atoms. The fraction of sp³-hybridized carbons (Fsp3) is 0.333. The second kappa shape index (κ2) is 18.7. The van der Waals surface area contributed by atoms with E-state index in [1.807, 2.05) is 72.8 Å². The minimum Gasteiger partial charge on any atom is -0.496 e. The monoisotopic (exact) mass is 570 g/mol. The summed E-state index contributed by atoms with van der Waals surface area (Å²) in [6, 6.07) is 18.9. The van der Waals surface area contributed by atoms with Crippen molar-refractivity contribution in [3.05, 3.63) is 94.0 Å². The average molecular weight is 571 g/mol. The normalized spacial score (nSPS) is 11.3. The fourth-order valence-electron chi connectivity index (χ4n) is 4.53. The number of aldehydes is 2. The third-order valence-corrected chi connectivity index (χ3v) is 7.29. The van der Waals surface area contributed by atoms with Gasteiger partial charge in [-0.3, -0.25) is 9.59 Å². The van der Waals surface area contributed by atoms with Crippen LogP contribution in [-0.4, -0.2) is 32.0 Å². The molecule has 5 heteroatoms. The van der Waals surface area contributed by atoms with Gasteiger partial charge in [0, 0.05) is 22.3 Å². The number of benzene rings is 3. The Hall–Kier alpha value is -3.57. The fourth-order valence-corrected chi connectivity index (χ4v) is 4.75. The summed E-state index contributed by atoms with van der Waals surface area (Å²) in [4.78, 5) is 22.0. The zero-order valence-electron chi connectivity index (χ0n) is 24.1. The van der Waals surface area contributed by atoms with E-state index in [-0.39, 0.29) is 0 Å². The first-order valence-corrected chi connectivity index (χ1v) is 15.2. The highest BCUT2D eigenvalue weighted by Gasteiger charge is 2.09. The van der Waals surface area contributed by atoms with Crippen LogP contribution in [0.2, 0.25) is 0 Å². The maximum Gasteiger partial charge on any atom is 0.150 e. The van der Waals surface area contributed by atoms with Gasteiger partial charge in [0.1, 0.15) is 24.1 Å². The summed E-state index contributed by atoms with van der Waals surface area (Å²) < 4.78 is 12.1. The van der Waals surface area contributed by atoms with Crippen LogP contribution in [0.4, 0.5) is 0 Å². The predicted octanol–water partition coefficient (Wildman–Crippen LogP) is 9.48. The van der Waals surface area contributed by atoms with E-state index in [4.69, 9.17) is 9.47 Å². The van der Waals surface area contributed by atoms with Crippen LogP contribution >= 0.6 is 12.6 Å². The largest absolute Gasteiger partial charge is 0.496 e. The van der Waals surface area contributed by atoms with E-state index < -0.39 is 0 Å². The second-order valence-electron chi connectivity index (χ2n) is 10.1. The molecule has 3 rings (SSSR count). The molecule has 0 atom stereocenters. The molecule has 0 saturated carbocycles. The molecular weight excluding hydrogens is 528 g/mol. The Kier molecular flexibility index (Phi) is 14.6. The lowest BCUT2D eigenvalue weighted by Gasteiger charge is -2.14. The van der Waals surface area contributed by atoms with Gasteiger partial charge in [-0.05, 0) is 41.9 Å². The number of rotatable bonds is 19. The van der Waals surface area contributed by atoms with Crippen molar-refractivity contribution in [2.45, 2.75) is 57.8 Å². The molecule has 4 nitrogen and oxygen atoms in total. The smallest absolute Gasteiger partial charge is 0.150 e. The van der Waals surface area contributed by atoms with Gasteiger partial charge in [-0.1, -0.05) is 118 Å². The van der Waals surface area contributed by atoms with Crippen LogP contribution < -0.4 is 9.47 Å². The predicted molar refractivity (Wildman–Crippen MR) is 175 cm³/mol. The topological polar surface area (TPSA) is 52.6 Å². The van der Waals surface area contributed by atoms with Crippen molar-refractivity contribution < 1.29 is 19.1 Å². The first-order valence-electron chi connectivity index (χ1n) is 14.6. The lowest BCUT2D eigenvalue weighted by Crippen LogP contribution is -2.00. The third-order valence-electron chi connectivity index (χ3n) is 6.98. The van der Waals surface area contributed by atoms with Gasteiger partial charge in [0.15, 0.2) is 0 Å². The van der Waals surface area contributed by atoms with Crippen LogP contribution in [0.1, 0.15) is 101 Å². The Balaban J connectivity index is 1.69. The van der Waals surface area contributed by atoms with Gasteiger partial charge in [0.05, 0.1) is 13.7 Å². The molecule has 0 radical (unpaired) electrons. The van der Waals surface area contributed by atoms with Crippen molar-refractivity contribution in [3.63, 3.8) is 0 Å². The molecule has 0 fully saturated rings. The highest BCUT2D eigenvalue weighted by Crippen LogP contribution is 2.32. The summed E-state index contributed by atoms with van der Waals surface area (Å²) >= 11 is 4.28. The third kappa shape index (κ3) is 11.4. The van der Waals surface area contributed by atoms with Gasteiger partial charge in [-0.15, -0.1) is 0 Å². The van der Waals surface area contributed by atoms with Gasteiger partial charge in [0.25, 0.3) is 0 Å². The minimum absolute atomic E-state index is 0.650. The standard InChI is InChI=1S/C36H42O4S/c1-39-35-25-34(22-20-30-13-17-32(28-38)18-14-30)36(40-23-9-7-5-3-2-4-6-8-10-24-41)26-33(35)21-19-29-11-15-31(27-37)16-12-29/h11-22,25-28,41H,2-10,23-24H2,1H3. The molecule has 0 amide bonds. The molecule has 0 aliphatic rings. The number of hydrogen-bond donors (Lipinski definition) is 1. The maximum absolute atomic E-state index is 11.0. The van der Waals surface area contributed by atoms with Crippen molar-refractivity contribution in [1.29, 1.82) is 0 Å². The van der Waals surface area contributed by atoms with E-state index >= 15 is 0 Å². The van der Waals surface area contributed by atoms with E-state index in [0.717, 1.165) is 64.9 Å². The van der Waals surface area contributed by atoms with E-state index in [1.54, 1.807) is 19.2 Å². The van der Waals surface area contributed by atoms with E-state index in [0.29, 0.717) is 17.7 Å². The summed E-state index contributed by atoms with van der Waals surface area (Å²) in [6.45, 7) is 0.652. The number of methoxy groups -OCH3 is 1. The molecule has 0 unspecified atom stereocenters. The minimum atomic E-state index is 0.650. The Morgan fingerprint density at radius 3 is 1.44 bits per heavy atom. The van der Waals surface area contributed by atoms with Gasteiger partial charge >= 0.3 is 0 Å². The summed E-state index contributed by atoms with van der Waals surface area (Å²) in [5.74, 6) is 2.53. The summed E-state index contributed by atoms with van der Waals surface area (Å²) in [5.41, 5.74) is 5.12. The van der Waals surface area contributed by atoms with Crippen molar-refractivity contribution >= 4 is 49.5 Å². The van der Waals surface area contributed by atoms with Crippen LogP contribution in [0.15, 0.2) is 60.7 Å². The Bertz CT molecular complexity index is 1260. The quantitative estimate of drug-likeness (QED) is 0.0675. The number of carbonyl (C=O) groups excluding carboxylic acids is 2. The molecule has 0 saturated heterocycles. The Labute approximate surface area is 250 Å². The zero-order valence-corrected chi connectivity index (χ0v) is 25.0.